The number of unbranched alkanes of at least 4 members (excludes halogenated alkanes) is 1. The van der Waals surface area contributed by atoms with E-state index in [1.54, 1.807) is 24.8 Å². The minimum absolute atomic E-state index is 0.0728. The monoisotopic (exact) mass is 702 g/mol. The Labute approximate surface area is 297 Å². The van der Waals surface area contributed by atoms with Crippen molar-refractivity contribution in [3.8, 4) is 16.9 Å². The predicted molar refractivity (Wildman–Crippen MR) is 195 cm³/mol. The number of hydrogen-bond acceptors (Lipinski definition) is 7. The summed E-state index contributed by atoms with van der Waals surface area (Å²) >= 11 is 7.95. The summed E-state index contributed by atoms with van der Waals surface area (Å²) in [4.78, 5) is 41.8. The van der Waals surface area contributed by atoms with E-state index in [2.05, 4.69) is 16.5 Å². The van der Waals surface area contributed by atoms with Gasteiger partial charge in [-0.2, -0.15) is 5.10 Å². The molecule has 0 unspecified atom stereocenters. The van der Waals surface area contributed by atoms with Crippen LogP contribution < -0.4 is 15.0 Å². The maximum absolute atomic E-state index is 13.4. The van der Waals surface area contributed by atoms with E-state index < -0.39 is 12.0 Å². The van der Waals surface area contributed by atoms with Gasteiger partial charge in [-0.25, -0.2) is 4.79 Å². The Hall–Kier alpha value is -4.28. The molecular weight excluding hydrogens is 660 g/mol. The van der Waals surface area contributed by atoms with Crippen molar-refractivity contribution >= 4 is 46.8 Å². The van der Waals surface area contributed by atoms with Crippen LogP contribution in [0.25, 0.3) is 11.1 Å². The molecule has 1 aromatic heterocycles. The fraction of sp³-hybridized carbons (Fsp3) is 0.368. The molecule has 0 fully saturated rings. The zero-order valence-electron chi connectivity index (χ0n) is 28.2. The predicted octanol–water partition coefficient (Wildman–Crippen LogP) is 7.71. The summed E-state index contributed by atoms with van der Waals surface area (Å²) in [6.07, 6.45) is 7.05. The number of ether oxygens (including phenoxy) is 2. The quantitative estimate of drug-likeness (QED) is 0.100. The summed E-state index contributed by atoms with van der Waals surface area (Å²) in [7, 11) is 0. The van der Waals surface area contributed by atoms with Crippen molar-refractivity contribution in [2.75, 3.05) is 30.4 Å². The number of nitrogens with one attached hydrogen (secondary N) is 1. The lowest BCUT2D eigenvalue weighted by molar-refractivity contribution is -0.145. The molecule has 0 saturated heterocycles. The second kappa shape index (κ2) is 17.4. The second-order valence-electron chi connectivity index (χ2n) is 11.9. The molecule has 4 aromatic rings. The number of esters is 1. The van der Waals surface area contributed by atoms with Crippen LogP contribution in [0.3, 0.4) is 0 Å². The fourth-order valence-corrected chi connectivity index (χ4v) is 7.06. The average Bonchev–Trinajstić information content (AvgIpc) is 3.57. The van der Waals surface area contributed by atoms with Gasteiger partial charge in [0.15, 0.2) is 0 Å². The molecule has 258 valence electrons. The van der Waals surface area contributed by atoms with Gasteiger partial charge in [0.05, 0.1) is 31.6 Å². The largest absolute Gasteiger partial charge is 0.493 e. The maximum Gasteiger partial charge on any atom is 0.328 e. The Morgan fingerprint density at radius 3 is 2.69 bits per heavy atom. The number of benzene rings is 3. The van der Waals surface area contributed by atoms with E-state index in [-0.39, 0.29) is 18.4 Å². The molecule has 0 radical (unpaired) electrons. The van der Waals surface area contributed by atoms with Crippen molar-refractivity contribution in [1.82, 2.24) is 15.1 Å². The Morgan fingerprint density at radius 1 is 1.06 bits per heavy atom. The summed E-state index contributed by atoms with van der Waals surface area (Å²) < 4.78 is 12.9. The summed E-state index contributed by atoms with van der Waals surface area (Å²) in [6, 6.07) is 18.3. The van der Waals surface area contributed by atoms with Gasteiger partial charge in [0, 0.05) is 57.1 Å². The van der Waals surface area contributed by atoms with Crippen LogP contribution in [0.15, 0.2) is 78.0 Å². The molecule has 9 nitrogen and oxygen atoms in total. The van der Waals surface area contributed by atoms with Crippen LogP contribution in [-0.4, -0.2) is 59.1 Å². The van der Waals surface area contributed by atoms with Crippen LogP contribution in [0.2, 0.25) is 5.02 Å². The summed E-state index contributed by atoms with van der Waals surface area (Å²) in [6.45, 7) is 7.53. The van der Waals surface area contributed by atoms with Crippen molar-refractivity contribution in [1.29, 1.82) is 0 Å². The Bertz CT molecular complexity index is 1780. The van der Waals surface area contributed by atoms with Gasteiger partial charge in [0.25, 0.3) is 5.91 Å². The van der Waals surface area contributed by atoms with Crippen LogP contribution in [0.1, 0.15) is 67.4 Å². The highest BCUT2D eigenvalue weighted by atomic mass is 35.5. The first kappa shape index (κ1) is 36.0. The summed E-state index contributed by atoms with van der Waals surface area (Å²) in [5, 5.41) is 8.14. The average molecular weight is 703 g/mol. The summed E-state index contributed by atoms with van der Waals surface area (Å²) in [5.74, 6) is 0.890. The highest BCUT2D eigenvalue weighted by molar-refractivity contribution is 7.99. The molecule has 0 saturated carbocycles. The number of fused-ring (bicyclic) bond motifs is 1. The van der Waals surface area contributed by atoms with Crippen molar-refractivity contribution in [3.05, 3.63) is 94.8 Å². The SMILES string of the molecule is CCCC[C@H](NC(=O)c1cccc(Cn2cc(-c3cccc4c3SCCN4C(=O)CCCOc3cccc(Cl)c3C)cn2)c1)C(=O)OCC. The van der Waals surface area contributed by atoms with Gasteiger partial charge in [-0.15, -0.1) is 11.8 Å². The van der Waals surface area contributed by atoms with Crippen molar-refractivity contribution in [2.24, 2.45) is 0 Å². The fourth-order valence-electron chi connectivity index (χ4n) is 5.75. The van der Waals surface area contributed by atoms with E-state index in [9.17, 15) is 14.4 Å². The van der Waals surface area contributed by atoms with Gasteiger partial charge in [-0.05, 0) is 62.6 Å². The van der Waals surface area contributed by atoms with E-state index in [1.165, 1.54) is 0 Å². The van der Waals surface area contributed by atoms with E-state index in [0.29, 0.717) is 49.5 Å². The summed E-state index contributed by atoms with van der Waals surface area (Å²) in [5.41, 5.74) is 5.16. The normalized spacial score (nSPS) is 13.0. The maximum atomic E-state index is 13.4. The molecular formula is C38H43ClN4O5S. The number of carbonyl (C=O) groups excluding carboxylic acids is 3. The molecule has 1 aliphatic heterocycles. The van der Waals surface area contributed by atoms with Gasteiger partial charge in [0.2, 0.25) is 5.91 Å². The van der Waals surface area contributed by atoms with Crippen LogP contribution in [0, 0.1) is 6.92 Å². The lowest BCUT2D eigenvalue weighted by Crippen LogP contribution is -2.41. The number of carbonyl (C=O) groups is 3. The Balaban J connectivity index is 1.22. The molecule has 0 aliphatic carbocycles. The number of hydrogen-bond donors (Lipinski definition) is 1. The minimum Gasteiger partial charge on any atom is -0.493 e. The van der Waals surface area contributed by atoms with Crippen LogP contribution in [0.4, 0.5) is 5.69 Å². The number of anilines is 1. The topological polar surface area (TPSA) is 103 Å². The number of rotatable bonds is 15. The number of aromatic nitrogens is 2. The number of halogens is 1. The molecule has 49 heavy (non-hydrogen) atoms. The van der Waals surface area contributed by atoms with Crippen LogP contribution >= 0.6 is 23.4 Å². The molecule has 0 bridgehead atoms. The third kappa shape index (κ3) is 9.25. The highest BCUT2D eigenvalue weighted by Gasteiger charge is 2.26. The Morgan fingerprint density at radius 2 is 1.88 bits per heavy atom. The van der Waals surface area contributed by atoms with E-state index in [4.69, 9.17) is 21.1 Å². The lowest BCUT2D eigenvalue weighted by atomic mass is 10.1. The van der Waals surface area contributed by atoms with Crippen LogP contribution in [-0.2, 0) is 20.9 Å². The number of amides is 2. The first-order valence-electron chi connectivity index (χ1n) is 16.8. The van der Waals surface area contributed by atoms with Gasteiger partial charge >= 0.3 is 5.97 Å². The van der Waals surface area contributed by atoms with Crippen molar-refractivity contribution in [3.63, 3.8) is 0 Å². The molecule has 1 atom stereocenters. The standard InChI is InChI=1S/C38H43ClN4O5S/c1-4-6-15-32(38(46)47-5-2)41-37(45)28-12-7-11-27(22-28)24-42-25-29(23-40-42)30-13-8-16-33-36(30)49-21-19-43(33)35(44)18-10-20-48-34-17-9-14-31(39)26(34)3/h7-9,11-14,16-17,22-23,25,32H,4-6,10,15,18-21,24H2,1-3H3,(H,41,45)/t32-/m0/s1. The van der Waals surface area contributed by atoms with Gasteiger partial charge in [0.1, 0.15) is 11.8 Å². The first-order valence-corrected chi connectivity index (χ1v) is 18.2. The van der Waals surface area contributed by atoms with Gasteiger partial charge < -0.3 is 19.7 Å². The lowest BCUT2D eigenvalue weighted by Gasteiger charge is -2.30. The number of thioether (sulfide) groups is 1. The van der Waals surface area contributed by atoms with Crippen molar-refractivity contribution in [2.45, 2.75) is 70.4 Å². The first-order chi connectivity index (χ1) is 23.8. The molecule has 2 amide bonds. The zero-order valence-corrected chi connectivity index (χ0v) is 29.8. The molecule has 1 N–H and O–H groups in total. The molecule has 3 aromatic carbocycles. The van der Waals surface area contributed by atoms with Gasteiger partial charge in [-0.1, -0.05) is 61.7 Å². The second-order valence-corrected chi connectivity index (χ2v) is 13.4. The molecule has 2 heterocycles. The minimum atomic E-state index is -0.677. The molecule has 11 heteroatoms. The highest BCUT2D eigenvalue weighted by Crippen LogP contribution is 2.42. The smallest absolute Gasteiger partial charge is 0.328 e. The van der Waals surface area contributed by atoms with Gasteiger partial charge in [-0.3, -0.25) is 14.3 Å². The van der Waals surface area contributed by atoms with Crippen LogP contribution in [0.5, 0.6) is 5.75 Å². The van der Waals surface area contributed by atoms with E-state index in [0.717, 1.165) is 57.2 Å². The van der Waals surface area contributed by atoms with Crippen molar-refractivity contribution < 1.29 is 23.9 Å². The van der Waals surface area contributed by atoms with E-state index in [1.807, 2.05) is 84.4 Å². The molecule has 5 rings (SSSR count). The third-order valence-electron chi connectivity index (χ3n) is 8.36. The third-order valence-corrected chi connectivity index (χ3v) is 9.87. The number of nitrogens with zero attached hydrogens (tertiary/aromatic N) is 3. The Kier molecular flexibility index (Phi) is 12.8. The zero-order chi connectivity index (χ0) is 34.8. The molecule has 0 spiro atoms. The van der Waals surface area contributed by atoms with E-state index >= 15 is 0 Å². The molecule has 1 aliphatic rings.